The van der Waals surface area contributed by atoms with Gasteiger partial charge in [0, 0.05) is 41.8 Å². The third kappa shape index (κ3) is 7.63. The average molecular weight is 544 g/mol. The second-order valence-electron chi connectivity index (χ2n) is 9.30. The molecule has 14 heteroatoms. The Morgan fingerprint density at radius 1 is 0.923 bits per heavy atom. The van der Waals surface area contributed by atoms with E-state index in [0.717, 1.165) is 10.9 Å². The van der Waals surface area contributed by atoms with Crippen molar-refractivity contribution in [2.45, 2.75) is 63.1 Å². The molecule has 210 valence electrons. The van der Waals surface area contributed by atoms with Crippen LogP contribution in [0.15, 0.2) is 43.0 Å². The lowest BCUT2D eigenvalue weighted by atomic mass is 10.0. The van der Waals surface area contributed by atoms with Gasteiger partial charge in [0.25, 0.3) is 0 Å². The number of carbonyl (C=O) groups is 4. The van der Waals surface area contributed by atoms with Gasteiger partial charge in [-0.15, -0.1) is 0 Å². The van der Waals surface area contributed by atoms with Crippen LogP contribution >= 0.6 is 0 Å². The number of aromatic nitrogens is 3. The molecule has 0 spiro atoms. The number of rotatable bonds is 13. The van der Waals surface area contributed by atoms with Gasteiger partial charge in [0.1, 0.15) is 24.2 Å². The molecule has 14 nitrogen and oxygen atoms in total. The molecule has 1 aromatic carbocycles. The zero-order valence-electron chi connectivity index (χ0n) is 21.4. The molecule has 0 bridgehead atoms. The number of aromatic amines is 2. The number of carboxylic acid groups (broad SMARTS) is 1. The van der Waals surface area contributed by atoms with Crippen LogP contribution in [0.1, 0.15) is 25.1 Å². The van der Waals surface area contributed by atoms with Crippen LogP contribution in [0.4, 0.5) is 0 Å². The molecule has 3 aromatic rings. The molecule has 0 aliphatic heterocycles. The van der Waals surface area contributed by atoms with Crippen LogP contribution in [-0.2, 0) is 32.0 Å². The summed E-state index contributed by atoms with van der Waals surface area (Å²) in [6, 6.07) is 1.82. The van der Waals surface area contributed by atoms with Crippen molar-refractivity contribution in [3.8, 4) is 0 Å². The van der Waals surface area contributed by atoms with Crippen LogP contribution < -0.4 is 21.7 Å². The van der Waals surface area contributed by atoms with Crippen molar-refractivity contribution in [3.05, 3.63) is 54.2 Å². The van der Waals surface area contributed by atoms with Crippen molar-refractivity contribution in [2.24, 2.45) is 5.73 Å². The van der Waals surface area contributed by atoms with Gasteiger partial charge in [0.05, 0.1) is 18.5 Å². The number of carbonyl (C=O) groups excluding carboxylic acids is 3. The first kappa shape index (κ1) is 29.3. The highest BCUT2D eigenvalue weighted by molar-refractivity contribution is 5.95. The average Bonchev–Trinajstić information content (AvgIpc) is 3.55. The maximum Gasteiger partial charge on any atom is 0.326 e. The molecule has 39 heavy (non-hydrogen) atoms. The summed E-state index contributed by atoms with van der Waals surface area (Å²) < 4.78 is 0. The van der Waals surface area contributed by atoms with E-state index in [2.05, 4.69) is 30.9 Å². The van der Waals surface area contributed by atoms with Gasteiger partial charge < -0.3 is 47.0 Å². The molecule has 2 aromatic heterocycles. The minimum atomic E-state index is -1.55. The normalized spacial score (nSPS) is 15.9. The number of hydrogen-bond donors (Lipinski definition) is 9. The van der Waals surface area contributed by atoms with Crippen LogP contribution in [0.2, 0.25) is 0 Å². The summed E-state index contributed by atoms with van der Waals surface area (Å²) >= 11 is 0. The van der Waals surface area contributed by atoms with Crippen LogP contribution in [-0.4, -0.2) is 90.3 Å². The summed E-state index contributed by atoms with van der Waals surface area (Å²) in [5.74, 6) is -3.89. The van der Waals surface area contributed by atoms with Crippen molar-refractivity contribution in [1.82, 2.24) is 30.9 Å². The molecule has 0 saturated carbocycles. The Balaban J connectivity index is 1.80. The third-order valence-electron chi connectivity index (χ3n) is 6.21. The van der Waals surface area contributed by atoms with Gasteiger partial charge in [-0.3, -0.25) is 14.4 Å². The summed E-state index contributed by atoms with van der Waals surface area (Å²) in [5, 5.41) is 37.6. The lowest BCUT2D eigenvalue weighted by molar-refractivity contribution is -0.143. The largest absolute Gasteiger partial charge is 0.480 e. The van der Waals surface area contributed by atoms with Crippen LogP contribution in [0, 0.1) is 0 Å². The van der Waals surface area contributed by atoms with Gasteiger partial charge in [-0.1, -0.05) is 18.2 Å². The number of amides is 3. The molecule has 3 amide bonds. The highest BCUT2D eigenvalue weighted by atomic mass is 16.4. The number of benzene rings is 1. The molecule has 6 unspecified atom stereocenters. The Morgan fingerprint density at radius 3 is 2.23 bits per heavy atom. The smallest absolute Gasteiger partial charge is 0.326 e. The first-order valence-corrected chi connectivity index (χ1v) is 12.3. The molecule has 0 aliphatic rings. The zero-order chi connectivity index (χ0) is 28.7. The van der Waals surface area contributed by atoms with Crippen LogP contribution in [0.25, 0.3) is 10.9 Å². The predicted molar refractivity (Wildman–Crippen MR) is 139 cm³/mol. The summed E-state index contributed by atoms with van der Waals surface area (Å²) in [7, 11) is 0. The maximum atomic E-state index is 13.4. The van der Waals surface area contributed by atoms with Crippen molar-refractivity contribution in [2.75, 3.05) is 0 Å². The first-order valence-electron chi connectivity index (χ1n) is 12.3. The van der Waals surface area contributed by atoms with Crippen molar-refractivity contribution < 1.29 is 34.5 Å². The van der Waals surface area contributed by atoms with Gasteiger partial charge in [-0.05, 0) is 25.5 Å². The number of nitrogens with zero attached hydrogens (tertiary/aromatic N) is 1. The van der Waals surface area contributed by atoms with E-state index in [1.54, 1.807) is 6.20 Å². The molecule has 10 N–H and O–H groups in total. The Hall–Kier alpha value is -4.27. The van der Waals surface area contributed by atoms with E-state index in [4.69, 9.17) is 5.73 Å². The fourth-order valence-electron chi connectivity index (χ4n) is 3.95. The predicted octanol–water partition coefficient (Wildman–Crippen LogP) is -1.70. The fourth-order valence-corrected chi connectivity index (χ4v) is 3.95. The van der Waals surface area contributed by atoms with E-state index in [0.29, 0.717) is 11.3 Å². The third-order valence-corrected chi connectivity index (χ3v) is 6.21. The SMILES string of the molecule is CC(O)C(N)C(=O)NC(Cc1c[nH]c2ccccc12)C(=O)NC(C(=O)NC(Cc1cnc[nH]1)C(=O)O)C(C)O. The highest BCUT2D eigenvalue weighted by Gasteiger charge is 2.33. The summed E-state index contributed by atoms with van der Waals surface area (Å²) in [4.78, 5) is 60.3. The molecular weight excluding hydrogens is 510 g/mol. The lowest BCUT2D eigenvalue weighted by Crippen LogP contribution is -2.61. The Bertz CT molecular complexity index is 1290. The lowest BCUT2D eigenvalue weighted by Gasteiger charge is -2.26. The van der Waals surface area contributed by atoms with Gasteiger partial charge in [0.2, 0.25) is 17.7 Å². The van der Waals surface area contributed by atoms with E-state index >= 15 is 0 Å². The summed E-state index contributed by atoms with van der Waals surface area (Å²) in [6.07, 6.45) is 1.71. The number of hydrogen-bond acceptors (Lipinski definition) is 8. The Kier molecular flexibility index (Phi) is 9.76. The van der Waals surface area contributed by atoms with Crippen molar-refractivity contribution >= 4 is 34.6 Å². The molecule has 6 atom stereocenters. The molecule has 2 heterocycles. The minimum Gasteiger partial charge on any atom is -0.480 e. The summed E-state index contributed by atoms with van der Waals surface area (Å²) in [6.45, 7) is 2.58. The number of para-hydroxylation sites is 1. The molecule has 3 rings (SSSR count). The number of aliphatic hydroxyl groups excluding tert-OH is 2. The molecule has 0 saturated heterocycles. The zero-order valence-corrected chi connectivity index (χ0v) is 21.4. The maximum absolute atomic E-state index is 13.4. The Labute approximate surface area is 223 Å². The van der Waals surface area contributed by atoms with E-state index in [1.165, 1.54) is 26.4 Å². The first-order chi connectivity index (χ1) is 18.5. The Morgan fingerprint density at radius 2 is 1.62 bits per heavy atom. The topological polar surface area (TPSA) is 236 Å². The molecule has 0 fully saturated rings. The number of nitrogens with one attached hydrogen (secondary N) is 5. The summed E-state index contributed by atoms with van der Waals surface area (Å²) in [5.41, 5.74) is 7.68. The second kappa shape index (κ2) is 13.0. The highest BCUT2D eigenvalue weighted by Crippen LogP contribution is 2.19. The molecule has 0 radical (unpaired) electrons. The number of aliphatic carboxylic acids is 1. The quantitative estimate of drug-likeness (QED) is 0.119. The number of carboxylic acids is 1. The van der Waals surface area contributed by atoms with Gasteiger partial charge in [0.15, 0.2) is 0 Å². The number of imidazole rings is 1. The molecular formula is C25H33N7O7. The van der Waals surface area contributed by atoms with Crippen LogP contribution in [0.5, 0.6) is 0 Å². The van der Waals surface area contributed by atoms with Crippen molar-refractivity contribution in [3.63, 3.8) is 0 Å². The number of H-pyrrole nitrogens is 2. The number of aliphatic hydroxyl groups is 2. The van der Waals surface area contributed by atoms with Crippen LogP contribution in [0.3, 0.4) is 0 Å². The number of nitrogens with two attached hydrogens (primary N) is 1. The van der Waals surface area contributed by atoms with E-state index in [9.17, 15) is 34.5 Å². The van der Waals surface area contributed by atoms with Gasteiger partial charge in [-0.25, -0.2) is 9.78 Å². The molecule has 0 aliphatic carbocycles. The van der Waals surface area contributed by atoms with Gasteiger partial charge >= 0.3 is 5.97 Å². The standard InChI is InChI=1S/C25H33N7O7/c1-12(33)20(26)23(36)30-18(7-14-9-28-17-6-4-3-5-16(14)17)22(35)32-21(13(2)34)24(37)31-19(25(38)39)8-15-10-27-11-29-15/h3-6,9-13,18-21,28,33-34H,7-8,26H2,1-2H3,(H,27,29)(H,30,36)(H,31,37)(H,32,35)(H,38,39). The van der Waals surface area contributed by atoms with Gasteiger partial charge in [-0.2, -0.15) is 0 Å². The second-order valence-corrected chi connectivity index (χ2v) is 9.30. The number of fused-ring (bicyclic) bond motifs is 1. The van der Waals surface area contributed by atoms with E-state index < -0.39 is 60.1 Å². The van der Waals surface area contributed by atoms with E-state index in [1.807, 2.05) is 24.3 Å². The van der Waals surface area contributed by atoms with Crippen molar-refractivity contribution in [1.29, 1.82) is 0 Å². The minimum absolute atomic E-state index is 0.0140. The monoisotopic (exact) mass is 543 g/mol. The fraction of sp³-hybridized carbons (Fsp3) is 0.400. The van der Waals surface area contributed by atoms with E-state index in [-0.39, 0.29) is 12.8 Å².